The molecule has 21 heavy (non-hydrogen) atoms. The molecule has 112 valence electrons. The largest absolute Gasteiger partial charge is 0.424 e. The van der Waals surface area contributed by atoms with Gasteiger partial charge in [-0.1, -0.05) is 25.1 Å². The van der Waals surface area contributed by atoms with Crippen LogP contribution in [0.25, 0.3) is 0 Å². The van der Waals surface area contributed by atoms with Crippen LogP contribution in [0.2, 0.25) is 0 Å². The van der Waals surface area contributed by atoms with Gasteiger partial charge < -0.3 is 9.32 Å². The Bertz CT molecular complexity index is 627. The number of anilines is 1. The van der Waals surface area contributed by atoms with Crippen molar-refractivity contribution < 1.29 is 9.21 Å². The van der Waals surface area contributed by atoms with Gasteiger partial charge >= 0.3 is 0 Å². The smallest absolute Gasteiger partial charge is 0.245 e. The third-order valence-corrected chi connectivity index (χ3v) is 3.66. The van der Waals surface area contributed by atoms with Gasteiger partial charge in [-0.2, -0.15) is 0 Å². The number of nitrogens with zero attached hydrogens (tertiary/aromatic N) is 3. The number of hydrogen-bond donors (Lipinski definition) is 0. The van der Waals surface area contributed by atoms with E-state index in [1.807, 2.05) is 38.1 Å². The zero-order valence-corrected chi connectivity index (χ0v) is 13.1. The van der Waals surface area contributed by atoms with E-state index in [1.54, 1.807) is 11.8 Å². The average Bonchev–Trinajstić information content (AvgIpc) is 2.89. The number of rotatable bonds is 5. The van der Waals surface area contributed by atoms with E-state index in [-0.39, 0.29) is 12.5 Å². The second kappa shape index (κ2) is 6.72. The van der Waals surface area contributed by atoms with Crippen LogP contribution in [0.4, 0.5) is 5.69 Å². The summed E-state index contributed by atoms with van der Waals surface area (Å²) >= 11 is 6.13. The number of hydrogen-bond acceptors (Lipinski definition) is 4. The Hall–Kier alpha value is -1.88. The van der Waals surface area contributed by atoms with E-state index in [9.17, 15) is 4.79 Å². The summed E-state index contributed by atoms with van der Waals surface area (Å²) in [6, 6.07) is 7.65. The lowest BCUT2D eigenvalue weighted by Crippen LogP contribution is -2.36. The minimum Gasteiger partial charge on any atom is -0.424 e. The second-order valence-corrected chi connectivity index (χ2v) is 5.33. The first kappa shape index (κ1) is 15.5. The third kappa shape index (κ3) is 3.61. The van der Waals surface area contributed by atoms with Crippen LogP contribution in [-0.2, 0) is 11.3 Å². The van der Waals surface area contributed by atoms with Crippen LogP contribution in [0.5, 0.6) is 0 Å². The molecule has 0 bridgehead atoms. The number of halogens is 1. The lowest BCUT2D eigenvalue weighted by atomic mass is 10.1. The Kier molecular flexibility index (Phi) is 4.96. The van der Waals surface area contributed by atoms with Gasteiger partial charge in [0.1, 0.15) is 11.9 Å². The molecular weight excluding hydrogens is 290 g/mol. The summed E-state index contributed by atoms with van der Waals surface area (Å²) in [7, 11) is 0. The summed E-state index contributed by atoms with van der Waals surface area (Å²) in [5, 5.41) is 7.17. The summed E-state index contributed by atoms with van der Waals surface area (Å²) in [6.45, 7) is 5.76. The predicted molar refractivity (Wildman–Crippen MR) is 81.3 cm³/mol. The molecule has 1 heterocycles. The highest BCUT2D eigenvalue weighted by Crippen LogP contribution is 2.24. The van der Waals surface area contributed by atoms with Gasteiger partial charge in [-0.3, -0.25) is 4.79 Å². The summed E-state index contributed by atoms with van der Waals surface area (Å²) in [5.41, 5.74) is 1.79. The minimum atomic E-state index is -0.575. The van der Waals surface area contributed by atoms with Crippen LogP contribution in [0.3, 0.4) is 0 Å². The number of benzene rings is 1. The van der Waals surface area contributed by atoms with Crippen LogP contribution >= 0.6 is 11.6 Å². The molecule has 1 atom stereocenters. The fourth-order valence-corrected chi connectivity index (χ4v) is 2.15. The van der Waals surface area contributed by atoms with E-state index < -0.39 is 5.38 Å². The summed E-state index contributed by atoms with van der Waals surface area (Å²) < 4.78 is 5.38. The molecule has 0 aliphatic heterocycles. The molecular formula is C15H18ClN3O2. The fourth-order valence-electron chi connectivity index (χ4n) is 2.03. The summed E-state index contributed by atoms with van der Waals surface area (Å²) in [5.74, 6) is 0.702. The Labute approximate surface area is 128 Å². The highest BCUT2D eigenvalue weighted by molar-refractivity contribution is 6.32. The van der Waals surface area contributed by atoms with Crippen LogP contribution in [0, 0.1) is 13.8 Å². The highest BCUT2D eigenvalue weighted by Gasteiger charge is 2.25. The summed E-state index contributed by atoms with van der Waals surface area (Å²) in [6.07, 6.45) is 0.561. The van der Waals surface area contributed by atoms with Gasteiger partial charge in [0, 0.05) is 12.6 Å². The molecule has 1 aromatic carbocycles. The maximum Gasteiger partial charge on any atom is 0.245 e. The van der Waals surface area contributed by atoms with Gasteiger partial charge in [0.05, 0.1) is 0 Å². The SMILES string of the molecule is CCC(Cl)C(=O)N(Cc1nnc(C)o1)c1ccccc1C. The molecule has 2 rings (SSSR count). The molecule has 0 spiro atoms. The fraction of sp³-hybridized carbons (Fsp3) is 0.400. The molecule has 1 aromatic heterocycles. The molecule has 0 aliphatic rings. The lowest BCUT2D eigenvalue weighted by Gasteiger charge is -2.24. The number of aromatic nitrogens is 2. The number of carbonyl (C=O) groups is 1. The number of alkyl halides is 1. The molecule has 0 fully saturated rings. The Balaban J connectivity index is 2.35. The molecule has 1 amide bonds. The summed E-state index contributed by atoms with van der Waals surface area (Å²) in [4.78, 5) is 14.1. The zero-order chi connectivity index (χ0) is 15.4. The second-order valence-electron chi connectivity index (χ2n) is 4.80. The number of amides is 1. The van der Waals surface area contributed by atoms with E-state index >= 15 is 0 Å². The van der Waals surface area contributed by atoms with Crippen molar-refractivity contribution in [1.29, 1.82) is 0 Å². The quantitative estimate of drug-likeness (QED) is 0.796. The molecule has 0 aliphatic carbocycles. The molecule has 2 aromatic rings. The molecule has 0 radical (unpaired) electrons. The molecule has 0 N–H and O–H groups in total. The highest BCUT2D eigenvalue weighted by atomic mass is 35.5. The standard InChI is InChI=1S/C15H18ClN3O2/c1-4-12(16)15(20)19(9-14-18-17-11(3)21-14)13-8-6-5-7-10(13)2/h5-8,12H,4,9H2,1-3H3. The van der Waals surface area contributed by atoms with Crippen molar-refractivity contribution in [3.05, 3.63) is 41.6 Å². The van der Waals surface area contributed by atoms with E-state index in [1.165, 1.54) is 0 Å². The number of aryl methyl sites for hydroxylation is 2. The van der Waals surface area contributed by atoms with Crippen molar-refractivity contribution in [3.8, 4) is 0 Å². The number of carbonyl (C=O) groups excluding carboxylic acids is 1. The molecule has 0 saturated carbocycles. The topological polar surface area (TPSA) is 59.2 Å². The van der Waals surface area contributed by atoms with Crippen LogP contribution in [-0.4, -0.2) is 21.5 Å². The van der Waals surface area contributed by atoms with Crippen molar-refractivity contribution >= 4 is 23.2 Å². The van der Waals surface area contributed by atoms with Crippen molar-refractivity contribution in [3.63, 3.8) is 0 Å². The lowest BCUT2D eigenvalue weighted by molar-refractivity contribution is -0.118. The first-order valence-electron chi connectivity index (χ1n) is 6.83. The number of para-hydroxylation sites is 1. The average molecular weight is 308 g/mol. The zero-order valence-electron chi connectivity index (χ0n) is 12.3. The van der Waals surface area contributed by atoms with E-state index in [0.29, 0.717) is 18.2 Å². The molecule has 0 saturated heterocycles. The van der Waals surface area contributed by atoms with Gasteiger partial charge in [0.15, 0.2) is 0 Å². The maximum atomic E-state index is 12.5. The maximum absolute atomic E-state index is 12.5. The van der Waals surface area contributed by atoms with Crippen molar-refractivity contribution in [2.75, 3.05) is 4.90 Å². The molecule has 6 heteroatoms. The Morgan fingerprint density at radius 2 is 2.05 bits per heavy atom. The van der Waals surface area contributed by atoms with E-state index in [0.717, 1.165) is 11.3 Å². The van der Waals surface area contributed by atoms with E-state index in [2.05, 4.69) is 10.2 Å². The first-order valence-corrected chi connectivity index (χ1v) is 7.26. The van der Waals surface area contributed by atoms with Crippen molar-refractivity contribution in [1.82, 2.24) is 10.2 Å². The normalized spacial score (nSPS) is 12.2. The van der Waals surface area contributed by atoms with Gasteiger partial charge in [-0.15, -0.1) is 21.8 Å². The molecule has 1 unspecified atom stereocenters. The Morgan fingerprint density at radius 3 is 2.62 bits per heavy atom. The van der Waals surface area contributed by atoms with Crippen molar-refractivity contribution in [2.45, 2.75) is 39.1 Å². The predicted octanol–water partition coefficient (Wildman–Crippen LogP) is 3.24. The van der Waals surface area contributed by atoms with E-state index in [4.69, 9.17) is 16.0 Å². The van der Waals surface area contributed by atoms with Gasteiger partial charge in [-0.05, 0) is 25.0 Å². The Morgan fingerprint density at radius 1 is 1.33 bits per heavy atom. The van der Waals surface area contributed by atoms with Gasteiger partial charge in [0.2, 0.25) is 17.7 Å². The third-order valence-electron chi connectivity index (χ3n) is 3.16. The van der Waals surface area contributed by atoms with Crippen LogP contribution in [0.15, 0.2) is 28.7 Å². The van der Waals surface area contributed by atoms with Gasteiger partial charge in [-0.25, -0.2) is 0 Å². The first-order chi connectivity index (χ1) is 10.0. The minimum absolute atomic E-state index is 0.163. The van der Waals surface area contributed by atoms with Crippen molar-refractivity contribution in [2.24, 2.45) is 0 Å². The van der Waals surface area contributed by atoms with Gasteiger partial charge in [0.25, 0.3) is 0 Å². The molecule has 5 nitrogen and oxygen atoms in total. The van der Waals surface area contributed by atoms with Crippen LogP contribution in [0.1, 0.15) is 30.7 Å². The van der Waals surface area contributed by atoms with Crippen LogP contribution < -0.4 is 4.90 Å². The monoisotopic (exact) mass is 307 g/mol.